The van der Waals surface area contributed by atoms with Crippen molar-refractivity contribution in [3.8, 4) is 85.5 Å². The van der Waals surface area contributed by atoms with E-state index in [2.05, 4.69) is 167 Å². The monoisotopic (exact) mass is 1980 g/mol. The lowest BCUT2D eigenvalue weighted by atomic mass is 10.1. The van der Waals surface area contributed by atoms with Crippen molar-refractivity contribution >= 4 is 167 Å². The molecule has 0 aliphatic carbocycles. The Labute approximate surface area is 836 Å². The first-order chi connectivity index (χ1) is 71.5. The fraction of sp³-hybridized carbons (Fsp3) is 0. The number of imidazole rings is 4. The van der Waals surface area contributed by atoms with Gasteiger partial charge in [-0.2, -0.15) is 0 Å². The molecule has 30 rings (SSSR count). The normalized spacial score (nSPS) is 13.8. The summed E-state index contributed by atoms with van der Waals surface area (Å²) in [6, 6.07) is 145. The zero-order valence-corrected chi connectivity index (χ0v) is 81.3. The molecule has 21 nitrogen and oxygen atoms in total. The summed E-state index contributed by atoms with van der Waals surface area (Å²) in [5.74, 6) is 2.66. The highest BCUT2D eigenvalue weighted by Crippen LogP contribution is 2.49. The van der Waals surface area contributed by atoms with E-state index >= 15 is 0 Å². The third kappa shape index (κ3) is 13.3. The highest BCUT2D eigenvalue weighted by atomic mass is 32.2. The van der Waals surface area contributed by atoms with Crippen LogP contribution in [0.5, 0.6) is 0 Å². The number of fused-ring (bicyclic) bond motifs is 15. The maximum atomic E-state index is 13.6. The van der Waals surface area contributed by atoms with Crippen molar-refractivity contribution < 1.29 is 33.7 Å². The summed E-state index contributed by atoms with van der Waals surface area (Å²) in [7, 11) is -17.2. The van der Waals surface area contributed by atoms with Crippen LogP contribution in [0.15, 0.2) is 494 Å². The van der Waals surface area contributed by atoms with Gasteiger partial charge in [-0.15, -0.1) is 0 Å². The fourth-order valence-electron chi connectivity index (χ4n) is 21.5. The van der Waals surface area contributed by atoms with E-state index in [0.29, 0.717) is 115 Å². The van der Waals surface area contributed by atoms with Gasteiger partial charge in [-0.1, -0.05) is 315 Å². The Morgan fingerprint density at radius 3 is 0.993 bits per heavy atom. The van der Waals surface area contributed by atoms with Gasteiger partial charge >= 0.3 is 0 Å². The molecular formula is C120H75N13O8S4Si. The molecule has 0 saturated heterocycles. The van der Waals surface area contributed by atoms with Crippen molar-refractivity contribution in [2.24, 2.45) is 0 Å². The third-order valence-electron chi connectivity index (χ3n) is 28.0. The molecule has 4 aliphatic rings. The van der Waals surface area contributed by atoms with E-state index in [1.165, 1.54) is 20.7 Å². The molecule has 0 saturated carbocycles. The molecule has 8 aromatic heterocycles. The van der Waals surface area contributed by atoms with E-state index < -0.39 is 47.4 Å². The van der Waals surface area contributed by atoms with Crippen LogP contribution in [0.4, 0.5) is 0 Å². The number of para-hydroxylation sites is 12. The van der Waals surface area contributed by atoms with Crippen LogP contribution in [-0.2, 0) is 39.3 Å². The Kier molecular flexibility index (Phi) is 19.9. The first-order valence-corrected chi connectivity index (χ1v) is 55.2. The quantitative estimate of drug-likeness (QED) is 0.0700. The van der Waals surface area contributed by atoms with Gasteiger partial charge in [-0.3, -0.25) is 27.8 Å². The third-order valence-corrected chi connectivity index (χ3v) is 40.1. The predicted molar refractivity (Wildman–Crippen MR) is 575 cm³/mol. The van der Waals surface area contributed by atoms with E-state index in [0.717, 1.165) is 88.4 Å². The molecule has 0 amide bonds. The molecule has 26 aromatic rings. The first-order valence-electron chi connectivity index (χ1n) is 47.3. The zero-order chi connectivity index (χ0) is 98.1. The van der Waals surface area contributed by atoms with Crippen molar-refractivity contribution in [1.82, 2.24) is 62.7 Å². The topological polar surface area (TPSA) is 264 Å². The van der Waals surface area contributed by atoms with E-state index in [4.69, 9.17) is 34.9 Å². The summed E-state index contributed by atoms with van der Waals surface area (Å²) >= 11 is 0. The van der Waals surface area contributed by atoms with Gasteiger partial charge in [0.1, 0.15) is 23.0 Å². The molecule has 0 atom stereocenters. The van der Waals surface area contributed by atoms with Crippen LogP contribution < -0.4 is 20.7 Å². The van der Waals surface area contributed by atoms with Gasteiger partial charge in [-0.05, 0) is 154 Å². The molecule has 0 bridgehead atoms. The van der Waals surface area contributed by atoms with Gasteiger partial charge in [0.05, 0.1) is 145 Å². The van der Waals surface area contributed by atoms with Crippen LogP contribution in [0.3, 0.4) is 0 Å². The maximum Gasteiger partial charge on any atom is 0.220 e. The van der Waals surface area contributed by atoms with E-state index in [1.54, 1.807) is 103 Å². The number of rotatable bonds is 10. The van der Waals surface area contributed by atoms with E-state index in [-0.39, 0.29) is 19.6 Å². The van der Waals surface area contributed by atoms with Crippen LogP contribution >= 0.6 is 0 Å². The highest BCUT2D eigenvalue weighted by Gasteiger charge is 2.44. The summed E-state index contributed by atoms with van der Waals surface area (Å²) in [5, 5.41) is 9.57. The number of sulfone groups is 4. The SMILES string of the molecule is O=S1(=O)c2ccccc2-n2c(-c3ccc(-c4ccc5ccc6cccnc6c5n4)cc3)nc3cccc1c32.O=S1(=O)c2ccccc2-n2c(-c3ccc([Si](c4ccccc4)(c4ccccc4)c4ccccc4)cc3)nc3cccc1c32.O=S1(=O)c2ccccc2-n2c(-c3nc4ccccc4nc3-c3ccccc3)nc3cccc1c32.O=S1(=O)c2ccccc2-n2c(-n3c4ccccc4c4ccccc43)nc3cccc1c32. The van der Waals surface area contributed by atoms with Crippen LogP contribution in [0.2, 0.25) is 0 Å². The predicted octanol–water partition coefficient (Wildman–Crippen LogP) is 22.5. The Hall–Kier alpha value is -18.2. The van der Waals surface area contributed by atoms with Crippen molar-refractivity contribution in [3.05, 3.63) is 455 Å². The lowest BCUT2D eigenvalue weighted by molar-refractivity contribution is 0.592. The van der Waals surface area contributed by atoms with Gasteiger partial charge in [0, 0.05) is 50.0 Å². The molecule has 26 heteroatoms. The smallest absolute Gasteiger partial charge is 0.220 e. The van der Waals surface area contributed by atoms with Gasteiger partial charge in [0.15, 0.2) is 13.9 Å². The number of hydrogen-bond acceptors (Lipinski definition) is 16. The van der Waals surface area contributed by atoms with Gasteiger partial charge in [0.25, 0.3) is 0 Å². The van der Waals surface area contributed by atoms with E-state index in [1.807, 2.05) is 212 Å². The summed E-state index contributed by atoms with van der Waals surface area (Å²) in [5.41, 5.74) is 18.6. The van der Waals surface area contributed by atoms with Crippen molar-refractivity contribution in [2.75, 3.05) is 0 Å². The molecule has 146 heavy (non-hydrogen) atoms. The average molecular weight is 1980 g/mol. The second kappa shape index (κ2) is 33.5. The molecule has 4 aliphatic heterocycles. The maximum absolute atomic E-state index is 13.6. The Morgan fingerprint density at radius 2 is 0.534 bits per heavy atom. The second-order valence-electron chi connectivity index (χ2n) is 36.0. The lowest BCUT2D eigenvalue weighted by Gasteiger charge is -2.34. The largest absolute Gasteiger partial charge is 0.290 e. The molecular weight excluding hydrogens is 1910 g/mol. The second-order valence-corrected chi connectivity index (χ2v) is 47.4. The Balaban J connectivity index is 0.0000000971. The summed E-state index contributed by atoms with van der Waals surface area (Å²) < 4.78 is 117. The van der Waals surface area contributed by atoms with E-state index in [9.17, 15) is 33.7 Å². The Morgan fingerprint density at radius 1 is 0.205 bits per heavy atom. The fourth-order valence-corrected chi connectivity index (χ4v) is 32.8. The molecule has 18 aromatic carbocycles. The minimum atomic E-state index is -3.67. The van der Waals surface area contributed by atoms with Crippen molar-refractivity contribution in [1.29, 1.82) is 0 Å². The molecule has 0 N–H and O–H groups in total. The number of aromatic nitrogens is 13. The first kappa shape index (κ1) is 86.9. The molecule has 0 radical (unpaired) electrons. The summed E-state index contributed by atoms with van der Waals surface area (Å²) in [6.45, 7) is 0. The standard InChI is InChI=1S/C37H26N2O2SSi.C31H18N4O2S.C27H16N4O2S.C25H15N3O2S/c40-42(41)34-21-11-10-20-33(34)39-36-32(19-12-22-35(36)42)38-37(39)27-23-25-31(26-24-27)43(28-13-4-1-5-14-28,29-15-6-2-7-16-29)30-17-8-3-9-18-30;36-38(37)26-8-2-1-7-25(26)35-30-24(6-3-9-27(30)38)34-31(35)22-14-10-19(11-15-22)23-17-16-21-13-12-20-5-4-18-32-28(20)29(21)33-23;32-34(33)22-15-7-6-14-21(22)31-26-20(13-8-16-23(26)34)30-27(31)25-24(17-9-2-1-3-10-17)28-18-11-4-5-12-19(18)29-25;29-31(30)22-14-6-5-13-21(22)28-24-18(10-7-15-23(24)31)26-25(28)27-19-11-3-1-8-16(19)17-9-2-4-12-20(17)27/h1-26H;1-18H;1-16H;1-15H. The molecule has 0 spiro atoms. The van der Waals surface area contributed by atoms with Gasteiger partial charge in [0.2, 0.25) is 45.3 Å². The van der Waals surface area contributed by atoms with Crippen molar-refractivity contribution in [3.63, 3.8) is 0 Å². The van der Waals surface area contributed by atoms with Crippen LogP contribution in [0.1, 0.15) is 0 Å². The molecule has 696 valence electrons. The van der Waals surface area contributed by atoms with Crippen LogP contribution in [0, 0.1) is 0 Å². The van der Waals surface area contributed by atoms with Crippen LogP contribution in [-0.4, -0.2) is 104 Å². The van der Waals surface area contributed by atoms with Gasteiger partial charge in [-0.25, -0.2) is 68.6 Å². The average Bonchev–Trinajstić information content (AvgIpc) is 1.53. The lowest BCUT2D eigenvalue weighted by Crippen LogP contribution is -2.74. The molecule has 0 fully saturated rings. The summed E-state index contributed by atoms with van der Waals surface area (Å²) in [6.07, 6.45) is 1.79. The summed E-state index contributed by atoms with van der Waals surface area (Å²) in [4.78, 5) is 41.5. The highest BCUT2D eigenvalue weighted by molar-refractivity contribution is 7.93. The number of hydrogen-bond donors (Lipinski definition) is 0. The number of benzene rings is 18. The number of nitrogens with zero attached hydrogens (tertiary/aromatic N) is 13. The molecule has 0 unspecified atom stereocenters. The minimum absolute atomic E-state index is 0.248. The van der Waals surface area contributed by atoms with Crippen LogP contribution in [0.25, 0.3) is 184 Å². The number of pyridine rings is 2. The zero-order valence-electron chi connectivity index (χ0n) is 77.0. The van der Waals surface area contributed by atoms with Crippen molar-refractivity contribution in [2.45, 2.75) is 39.2 Å². The Bertz CT molecular complexity index is 10300. The molecule has 12 heterocycles. The minimum Gasteiger partial charge on any atom is -0.290 e. The van der Waals surface area contributed by atoms with Gasteiger partial charge < -0.3 is 0 Å².